The van der Waals surface area contributed by atoms with Crippen molar-refractivity contribution in [3.8, 4) is 0 Å². The average Bonchev–Trinajstić information content (AvgIpc) is 2.30. The lowest BCUT2D eigenvalue weighted by Gasteiger charge is -2.20. The van der Waals surface area contributed by atoms with E-state index < -0.39 is 0 Å². The predicted octanol–water partition coefficient (Wildman–Crippen LogP) is 3.26. The van der Waals surface area contributed by atoms with E-state index in [1.165, 1.54) is 12.8 Å². The number of hydrogen-bond donors (Lipinski definition) is 1. The molecule has 0 radical (unpaired) electrons. The van der Waals surface area contributed by atoms with Crippen LogP contribution in [0.5, 0.6) is 0 Å². The molecule has 0 bridgehead atoms. The molecule has 3 nitrogen and oxygen atoms in total. The fourth-order valence-corrected chi connectivity index (χ4v) is 2.12. The monoisotopic (exact) mass is 235 g/mol. The molecule has 1 N–H and O–H groups in total. The van der Waals surface area contributed by atoms with Gasteiger partial charge in [0, 0.05) is 12.4 Å². The van der Waals surface area contributed by atoms with Gasteiger partial charge in [0.2, 0.25) is 0 Å². The molecule has 0 aromatic carbocycles. The minimum absolute atomic E-state index is 0.294. The summed E-state index contributed by atoms with van der Waals surface area (Å²) < 4.78 is 0. The van der Waals surface area contributed by atoms with E-state index in [9.17, 15) is 0 Å². The van der Waals surface area contributed by atoms with Gasteiger partial charge < -0.3 is 5.32 Å². The topological polar surface area (TPSA) is 37.8 Å². The lowest BCUT2D eigenvalue weighted by molar-refractivity contribution is 0.383. The van der Waals surface area contributed by atoms with Crippen LogP contribution < -0.4 is 5.32 Å². The van der Waals surface area contributed by atoms with E-state index in [1.807, 2.05) is 19.3 Å². The highest BCUT2D eigenvalue weighted by atomic mass is 15.0. The number of nitrogens with one attached hydrogen (secondary N) is 1. The molecule has 1 aromatic rings. The van der Waals surface area contributed by atoms with Gasteiger partial charge in [0.05, 0.1) is 6.04 Å². The van der Waals surface area contributed by atoms with E-state index in [2.05, 4.69) is 36.1 Å². The number of nitrogens with zero attached hydrogens (tertiary/aromatic N) is 2. The van der Waals surface area contributed by atoms with Crippen LogP contribution >= 0.6 is 0 Å². The first kappa shape index (κ1) is 14.1. The molecular formula is C14H25N3. The molecule has 1 rings (SSSR count). The van der Waals surface area contributed by atoms with Crippen molar-refractivity contribution < 1.29 is 0 Å². The van der Waals surface area contributed by atoms with Crippen LogP contribution in [0.1, 0.15) is 57.5 Å². The molecule has 2 atom stereocenters. The zero-order valence-corrected chi connectivity index (χ0v) is 11.5. The molecule has 0 amide bonds. The van der Waals surface area contributed by atoms with Gasteiger partial charge in [-0.15, -0.1) is 0 Å². The Morgan fingerprint density at radius 1 is 1.24 bits per heavy atom. The standard InChI is InChI=1S/C14H25N3/c1-5-7-11(3)8-13(15-6-2)14-16-9-12(4)10-17-14/h9-11,13,15H,5-8H2,1-4H3. The van der Waals surface area contributed by atoms with Crippen molar-refractivity contribution in [1.82, 2.24) is 15.3 Å². The molecule has 3 heteroatoms. The van der Waals surface area contributed by atoms with Crippen LogP contribution in [-0.2, 0) is 0 Å². The van der Waals surface area contributed by atoms with Gasteiger partial charge in [0.1, 0.15) is 5.82 Å². The van der Waals surface area contributed by atoms with Gasteiger partial charge >= 0.3 is 0 Å². The predicted molar refractivity (Wildman–Crippen MR) is 71.9 cm³/mol. The molecule has 0 saturated heterocycles. The largest absolute Gasteiger partial charge is 0.308 e. The van der Waals surface area contributed by atoms with Gasteiger partial charge in [-0.25, -0.2) is 9.97 Å². The Labute approximate surface area is 105 Å². The molecule has 0 aliphatic carbocycles. The summed E-state index contributed by atoms with van der Waals surface area (Å²) in [6, 6.07) is 0.294. The Balaban J connectivity index is 2.67. The van der Waals surface area contributed by atoms with Crippen molar-refractivity contribution in [3.05, 3.63) is 23.8 Å². The minimum Gasteiger partial charge on any atom is -0.308 e. The van der Waals surface area contributed by atoms with Crippen LogP contribution in [0.4, 0.5) is 0 Å². The van der Waals surface area contributed by atoms with Crippen LogP contribution in [-0.4, -0.2) is 16.5 Å². The summed E-state index contributed by atoms with van der Waals surface area (Å²) in [4.78, 5) is 8.87. The highest BCUT2D eigenvalue weighted by Gasteiger charge is 2.16. The quantitative estimate of drug-likeness (QED) is 0.788. The van der Waals surface area contributed by atoms with Crippen molar-refractivity contribution in [2.24, 2.45) is 5.92 Å². The fraction of sp³-hybridized carbons (Fsp3) is 0.714. The molecule has 0 spiro atoms. The zero-order chi connectivity index (χ0) is 12.7. The van der Waals surface area contributed by atoms with Crippen LogP contribution in [0.3, 0.4) is 0 Å². The maximum absolute atomic E-state index is 4.44. The third-order valence-electron chi connectivity index (χ3n) is 2.98. The minimum atomic E-state index is 0.294. The molecule has 96 valence electrons. The van der Waals surface area contributed by atoms with Gasteiger partial charge in [-0.2, -0.15) is 0 Å². The van der Waals surface area contributed by atoms with E-state index >= 15 is 0 Å². The van der Waals surface area contributed by atoms with Gasteiger partial charge in [-0.1, -0.05) is 33.6 Å². The zero-order valence-electron chi connectivity index (χ0n) is 11.5. The van der Waals surface area contributed by atoms with Gasteiger partial charge in [0.15, 0.2) is 0 Å². The summed E-state index contributed by atoms with van der Waals surface area (Å²) in [5.41, 5.74) is 1.12. The maximum Gasteiger partial charge on any atom is 0.145 e. The summed E-state index contributed by atoms with van der Waals surface area (Å²) in [7, 11) is 0. The summed E-state index contributed by atoms with van der Waals surface area (Å²) >= 11 is 0. The Kier molecular flexibility index (Phi) is 6.12. The molecular weight excluding hydrogens is 210 g/mol. The lowest BCUT2D eigenvalue weighted by Crippen LogP contribution is -2.24. The normalized spacial score (nSPS) is 14.6. The van der Waals surface area contributed by atoms with Crippen LogP contribution in [0.25, 0.3) is 0 Å². The van der Waals surface area contributed by atoms with E-state index in [4.69, 9.17) is 0 Å². The maximum atomic E-state index is 4.44. The second-order valence-corrected chi connectivity index (χ2v) is 4.86. The molecule has 2 unspecified atom stereocenters. The van der Waals surface area contributed by atoms with Gasteiger partial charge in [-0.05, 0) is 31.4 Å². The van der Waals surface area contributed by atoms with E-state index in [0.717, 1.165) is 24.4 Å². The summed E-state index contributed by atoms with van der Waals surface area (Å²) in [5.74, 6) is 1.65. The first-order valence-corrected chi connectivity index (χ1v) is 6.69. The first-order valence-electron chi connectivity index (χ1n) is 6.69. The highest BCUT2D eigenvalue weighted by molar-refractivity contribution is 5.04. The second kappa shape index (κ2) is 7.38. The number of rotatable bonds is 7. The van der Waals surface area contributed by atoms with E-state index in [1.54, 1.807) is 0 Å². The third kappa shape index (κ3) is 4.82. The molecule has 0 fully saturated rings. The van der Waals surface area contributed by atoms with Crippen molar-refractivity contribution in [2.45, 2.75) is 53.0 Å². The highest BCUT2D eigenvalue weighted by Crippen LogP contribution is 2.21. The number of hydrogen-bond acceptors (Lipinski definition) is 3. The van der Waals surface area contributed by atoms with Crippen molar-refractivity contribution >= 4 is 0 Å². The molecule has 1 heterocycles. The van der Waals surface area contributed by atoms with Crippen molar-refractivity contribution in [2.75, 3.05) is 6.54 Å². The fourth-order valence-electron chi connectivity index (χ4n) is 2.12. The Morgan fingerprint density at radius 2 is 1.88 bits per heavy atom. The SMILES string of the molecule is CCCC(C)CC(NCC)c1ncc(C)cn1. The Morgan fingerprint density at radius 3 is 2.41 bits per heavy atom. The van der Waals surface area contributed by atoms with Crippen LogP contribution in [0.15, 0.2) is 12.4 Å². The third-order valence-corrected chi connectivity index (χ3v) is 2.98. The summed E-state index contributed by atoms with van der Waals surface area (Å²) in [6.07, 6.45) is 7.43. The molecule has 17 heavy (non-hydrogen) atoms. The molecule has 0 saturated carbocycles. The second-order valence-electron chi connectivity index (χ2n) is 4.86. The van der Waals surface area contributed by atoms with E-state index in [0.29, 0.717) is 12.0 Å². The van der Waals surface area contributed by atoms with Gasteiger partial charge in [0.25, 0.3) is 0 Å². The van der Waals surface area contributed by atoms with Crippen molar-refractivity contribution in [3.63, 3.8) is 0 Å². The molecule has 0 aliphatic heterocycles. The lowest BCUT2D eigenvalue weighted by atomic mass is 9.96. The number of aromatic nitrogens is 2. The molecule has 1 aromatic heterocycles. The summed E-state index contributed by atoms with van der Waals surface area (Å²) in [5, 5.41) is 3.48. The van der Waals surface area contributed by atoms with Crippen LogP contribution in [0, 0.1) is 12.8 Å². The smallest absolute Gasteiger partial charge is 0.145 e. The first-order chi connectivity index (χ1) is 8.17. The molecule has 0 aliphatic rings. The van der Waals surface area contributed by atoms with Crippen molar-refractivity contribution in [1.29, 1.82) is 0 Å². The average molecular weight is 235 g/mol. The Hall–Kier alpha value is -0.960. The van der Waals surface area contributed by atoms with Crippen LogP contribution in [0.2, 0.25) is 0 Å². The van der Waals surface area contributed by atoms with E-state index in [-0.39, 0.29) is 0 Å². The summed E-state index contributed by atoms with van der Waals surface area (Å²) in [6.45, 7) is 9.65. The number of aryl methyl sites for hydroxylation is 1. The van der Waals surface area contributed by atoms with Gasteiger partial charge in [-0.3, -0.25) is 0 Å². The Bertz CT molecular complexity index is 308.